The van der Waals surface area contributed by atoms with Crippen molar-refractivity contribution < 1.29 is 28.6 Å². The van der Waals surface area contributed by atoms with Gasteiger partial charge < -0.3 is 14.2 Å². The van der Waals surface area contributed by atoms with Crippen molar-refractivity contribution in [3.8, 4) is 0 Å². The maximum absolute atomic E-state index is 12.8. The third kappa shape index (κ3) is 49.3. The van der Waals surface area contributed by atoms with Crippen LogP contribution in [0.25, 0.3) is 0 Å². The van der Waals surface area contributed by atoms with Crippen LogP contribution in [0.3, 0.4) is 0 Å². The molecule has 6 nitrogen and oxygen atoms in total. The lowest BCUT2D eigenvalue weighted by Crippen LogP contribution is -2.30. The van der Waals surface area contributed by atoms with Crippen molar-refractivity contribution in [1.29, 1.82) is 0 Å². The van der Waals surface area contributed by atoms with Crippen LogP contribution in [-0.4, -0.2) is 37.2 Å². The monoisotopic (exact) mass is 863 g/mol. The zero-order chi connectivity index (χ0) is 44.7. The highest BCUT2D eigenvalue weighted by atomic mass is 16.6. The van der Waals surface area contributed by atoms with Crippen molar-refractivity contribution >= 4 is 17.9 Å². The van der Waals surface area contributed by atoms with Gasteiger partial charge in [-0.2, -0.15) is 0 Å². The molecule has 1 atom stereocenters. The van der Waals surface area contributed by atoms with E-state index in [0.29, 0.717) is 19.3 Å². The second-order valence-electron chi connectivity index (χ2n) is 19.8. The van der Waals surface area contributed by atoms with Gasteiger partial charge in [-0.05, 0) is 31.1 Å². The highest BCUT2D eigenvalue weighted by Crippen LogP contribution is 2.18. The largest absolute Gasteiger partial charge is 0.462 e. The average Bonchev–Trinajstić information content (AvgIpc) is 3.23. The lowest BCUT2D eigenvalue weighted by atomic mass is 10.0. The Morgan fingerprint density at radius 3 is 0.803 bits per heavy atom. The first kappa shape index (κ1) is 59.4. The molecule has 0 bridgehead atoms. The molecule has 0 saturated heterocycles. The Balaban J connectivity index is 4.22. The lowest BCUT2D eigenvalue weighted by Gasteiger charge is -2.18. The first-order valence-electron chi connectivity index (χ1n) is 27.2. The normalized spacial score (nSPS) is 12.0. The summed E-state index contributed by atoms with van der Waals surface area (Å²) in [5.74, 6) is 0.745. The van der Waals surface area contributed by atoms with Gasteiger partial charge in [-0.25, -0.2) is 0 Å². The number of rotatable bonds is 49. The maximum atomic E-state index is 12.8. The third-order valence-electron chi connectivity index (χ3n) is 12.5. The van der Waals surface area contributed by atoms with E-state index in [1.54, 1.807) is 0 Å². The van der Waals surface area contributed by atoms with E-state index in [4.69, 9.17) is 14.2 Å². The molecule has 0 aromatic heterocycles. The van der Waals surface area contributed by atoms with Crippen molar-refractivity contribution in [3.63, 3.8) is 0 Å². The fourth-order valence-electron chi connectivity index (χ4n) is 8.34. The number of carbonyl (C=O) groups excluding carboxylic acids is 3. The van der Waals surface area contributed by atoms with Crippen LogP contribution in [-0.2, 0) is 28.6 Å². The van der Waals surface area contributed by atoms with Crippen molar-refractivity contribution in [2.24, 2.45) is 11.8 Å². The number of hydrogen-bond acceptors (Lipinski definition) is 6. The molecule has 0 radical (unpaired) electrons. The summed E-state index contributed by atoms with van der Waals surface area (Å²) in [5, 5.41) is 0. The molecule has 362 valence electrons. The molecule has 61 heavy (non-hydrogen) atoms. The molecule has 0 aliphatic heterocycles. The minimum absolute atomic E-state index is 0.0642. The number of ether oxygens (including phenoxy) is 3. The van der Waals surface area contributed by atoms with E-state index in [0.717, 1.165) is 69.6 Å². The van der Waals surface area contributed by atoms with E-state index in [1.807, 2.05) is 0 Å². The molecule has 0 aromatic rings. The number of unbranched alkanes of at least 4 members (excludes halogenated alkanes) is 34. The van der Waals surface area contributed by atoms with Crippen LogP contribution in [0.1, 0.15) is 304 Å². The summed E-state index contributed by atoms with van der Waals surface area (Å²) in [6.45, 7) is 11.3. The second-order valence-corrected chi connectivity index (χ2v) is 19.8. The minimum atomic E-state index is -0.762. The number of esters is 3. The third-order valence-corrected chi connectivity index (χ3v) is 12.5. The molecular weight excluding hydrogens is 757 g/mol. The Labute approximate surface area is 380 Å². The average molecular weight is 863 g/mol. The maximum Gasteiger partial charge on any atom is 0.306 e. The predicted octanol–water partition coefficient (Wildman–Crippen LogP) is 17.7. The van der Waals surface area contributed by atoms with Crippen LogP contribution in [0.2, 0.25) is 0 Å². The minimum Gasteiger partial charge on any atom is -0.462 e. The topological polar surface area (TPSA) is 78.9 Å². The summed E-state index contributed by atoms with van der Waals surface area (Å²) in [7, 11) is 0. The molecule has 0 rings (SSSR count). The summed E-state index contributed by atoms with van der Waals surface area (Å²) in [6.07, 6.45) is 49.7. The van der Waals surface area contributed by atoms with Gasteiger partial charge in [0.1, 0.15) is 13.2 Å². The van der Waals surface area contributed by atoms with Gasteiger partial charge in [-0.3, -0.25) is 14.4 Å². The smallest absolute Gasteiger partial charge is 0.306 e. The molecule has 0 aliphatic carbocycles. The molecule has 0 aromatic carbocycles. The van der Waals surface area contributed by atoms with Crippen molar-refractivity contribution in [3.05, 3.63) is 0 Å². The van der Waals surface area contributed by atoms with E-state index >= 15 is 0 Å². The van der Waals surface area contributed by atoms with Gasteiger partial charge >= 0.3 is 17.9 Å². The standard InChI is InChI=1S/C55H106O6/c1-6-7-8-9-10-11-12-13-14-15-16-17-18-19-23-26-29-35-40-45-53(56)59-48-52(49-60-54(57)46-41-36-32-31-34-39-44-51(4)5)61-55(58)47-42-37-30-27-24-21-20-22-25-28-33-38-43-50(2)3/h50-52H,6-49H2,1-5H3/t52-/m0/s1. The van der Waals surface area contributed by atoms with Crippen molar-refractivity contribution in [1.82, 2.24) is 0 Å². The fourth-order valence-corrected chi connectivity index (χ4v) is 8.34. The first-order chi connectivity index (χ1) is 29.7. The molecule has 0 N–H and O–H groups in total. The van der Waals surface area contributed by atoms with Gasteiger partial charge in [0.15, 0.2) is 6.10 Å². The van der Waals surface area contributed by atoms with E-state index in [-0.39, 0.29) is 31.1 Å². The van der Waals surface area contributed by atoms with Crippen LogP contribution in [0.4, 0.5) is 0 Å². The van der Waals surface area contributed by atoms with E-state index < -0.39 is 6.10 Å². The summed E-state index contributed by atoms with van der Waals surface area (Å²) in [4.78, 5) is 37.9. The summed E-state index contributed by atoms with van der Waals surface area (Å²) in [6, 6.07) is 0. The summed E-state index contributed by atoms with van der Waals surface area (Å²) >= 11 is 0. The Bertz CT molecular complexity index is 931. The van der Waals surface area contributed by atoms with Crippen LogP contribution in [0, 0.1) is 11.8 Å². The van der Waals surface area contributed by atoms with Gasteiger partial charge in [-0.1, -0.05) is 266 Å². The first-order valence-corrected chi connectivity index (χ1v) is 27.2. The Kier molecular flexibility index (Phi) is 46.6. The van der Waals surface area contributed by atoms with E-state index in [2.05, 4.69) is 34.6 Å². The highest BCUT2D eigenvalue weighted by Gasteiger charge is 2.19. The zero-order valence-corrected chi connectivity index (χ0v) is 41.8. The van der Waals surface area contributed by atoms with E-state index in [1.165, 1.54) is 193 Å². The summed E-state index contributed by atoms with van der Waals surface area (Å²) in [5.41, 5.74) is 0. The molecule has 6 heteroatoms. The molecule has 0 heterocycles. The molecule has 0 unspecified atom stereocenters. The van der Waals surface area contributed by atoms with Gasteiger partial charge in [0.2, 0.25) is 0 Å². The SMILES string of the molecule is CCCCCCCCCCCCCCCCCCCCCC(=O)OC[C@@H](COC(=O)CCCCCCCCC(C)C)OC(=O)CCCCCCCCCCCCCCC(C)C. The van der Waals surface area contributed by atoms with Crippen molar-refractivity contribution in [2.75, 3.05) is 13.2 Å². The van der Waals surface area contributed by atoms with Gasteiger partial charge in [0.05, 0.1) is 0 Å². The quantitative estimate of drug-likeness (QED) is 0.0344. The molecule has 0 amide bonds. The predicted molar refractivity (Wildman–Crippen MR) is 261 cm³/mol. The van der Waals surface area contributed by atoms with Gasteiger partial charge in [0, 0.05) is 19.3 Å². The molecule has 0 aliphatic rings. The van der Waals surface area contributed by atoms with Crippen molar-refractivity contribution in [2.45, 2.75) is 310 Å². The Morgan fingerprint density at radius 1 is 0.311 bits per heavy atom. The van der Waals surface area contributed by atoms with Crippen LogP contribution >= 0.6 is 0 Å². The molecule has 0 spiro atoms. The zero-order valence-electron chi connectivity index (χ0n) is 41.8. The number of carbonyl (C=O) groups is 3. The Morgan fingerprint density at radius 2 is 0.541 bits per heavy atom. The van der Waals surface area contributed by atoms with Crippen LogP contribution < -0.4 is 0 Å². The fraction of sp³-hybridized carbons (Fsp3) is 0.945. The van der Waals surface area contributed by atoms with E-state index in [9.17, 15) is 14.4 Å². The molecule has 0 saturated carbocycles. The lowest BCUT2D eigenvalue weighted by molar-refractivity contribution is -0.167. The molecular formula is C55H106O6. The van der Waals surface area contributed by atoms with Crippen LogP contribution in [0.15, 0.2) is 0 Å². The highest BCUT2D eigenvalue weighted by molar-refractivity contribution is 5.71. The van der Waals surface area contributed by atoms with Gasteiger partial charge in [-0.15, -0.1) is 0 Å². The van der Waals surface area contributed by atoms with Crippen LogP contribution in [0.5, 0.6) is 0 Å². The second kappa shape index (κ2) is 47.9. The Hall–Kier alpha value is -1.59. The number of hydrogen-bond donors (Lipinski definition) is 0. The molecule has 0 fully saturated rings. The van der Waals surface area contributed by atoms with Gasteiger partial charge in [0.25, 0.3) is 0 Å². The summed E-state index contributed by atoms with van der Waals surface area (Å²) < 4.78 is 16.8.